The molecule has 172 valence electrons. The van der Waals surface area contributed by atoms with Crippen molar-refractivity contribution in [2.75, 3.05) is 11.9 Å². The van der Waals surface area contributed by atoms with E-state index in [1.54, 1.807) is 42.6 Å². The van der Waals surface area contributed by atoms with E-state index in [0.717, 1.165) is 31.4 Å². The van der Waals surface area contributed by atoms with Crippen LogP contribution in [0.2, 0.25) is 0 Å². The molecule has 5 rings (SSSR count). The number of amides is 1. The van der Waals surface area contributed by atoms with Gasteiger partial charge in [0.2, 0.25) is 0 Å². The molecular formula is C27H26N4O3. The number of pyridine rings is 1. The summed E-state index contributed by atoms with van der Waals surface area (Å²) in [7, 11) is 0. The van der Waals surface area contributed by atoms with E-state index in [-0.39, 0.29) is 17.5 Å². The van der Waals surface area contributed by atoms with Gasteiger partial charge in [-0.15, -0.1) is 0 Å². The smallest absolute Gasteiger partial charge is 0.278 e. The first-order valence-electron chi connectivity index (χ1n) is 11.7. The monoisotopic (exact) mass is 454 g/mol. The average Bonchev–Trinajstić information content (AvgIpc) is 3.39. The number of fused-ring (bicyclic) bond motifs is 1. The van der Waals surface area contributed by atoms with Crippen LogP contribution >= 0.6 is 0 Å². The van der Waals surface area contributed by atoms with Crippen LogP contribution < -0.4 is 15.6 Å². The minimum Gasteiger partial charge on any atom is -0.494 e. The SMILES string of the molecule is CCOc1ccc(NC(=O)c2ccc(-c3nc4cccnc4n(C4CCCC4)c3=O)cc2)cc1. The third-order valence-electron chi connectivity index (χ3n) is 6.18. The molecule has 0 radical (unpaired) electrons. The number of carbonyl (C=O) groups excluding carboxylic acids is 1. The molecule has 0 saturated heterocycles. The van der Waals surface area contributed by atoms with E-state index in [4.69, 9.17) is 4.74 Å². The second-order valence-electron chi connectivity index (χ2n) is 8.41. The maximum absolute atomic E-state index is 13.5. The number of anilines is 1. The summed E-state index contributed by atoms with van der Waals surface area (Å²) in [5.41, 5.74) is 3.43. The Bertz CT molecular complexity index is 1370. The zero-order valence-electron chi connectivity index (χ0n) is 19.0. The molecule has 1 amide bonds. The van der Waals surface area contributed by atoms with Crippen molar-refractivity contribution in [2.24, 2.45) is 0 Å². The first kappa shape index (κ1) is 21.8. The molecule has 0 spiro atoms. The Kier molecular flexibility index (Phi) is 6.08. The lowest BCUT2D eigenvalue weighted by atomic mass is 10.1. The first-order chi connectivity index (χ1) is 16.6. The zero-order valence-corrected chi connectivity index (χ0v) is 19.0. The van der Waals surface area contributed by atoms with Crippen molar-refractivity contribution >= 4 is 22.8 Å². The van der Waals surface area contributed by atoms with E-state index >= 15 is 0 Å². The third-order valence-corrected chi connectivity index (χ3v) is 6.18. The van der Waals surface area contributed by atoms with Gasteiger partial charge in [-0.1, -0.05) is 25.0 Å². The summed E-state index contributed by atoms with van der Waals surface area (Å²) in [5, 5.41) is 2.88. The number of ether oxygens (including phenoxy) is 1. The Morgan fingerprint density at radius 3 is 2.50 bits per heavy atom. The summed E-state index contributed by atoms with van der Waals surface area (Å²) in [6.45, 7) is 2.51. The molecule has 1 aliphatic rings. The number of rotatable bonds is 6. The van der Waals surface area contributed by atoms with Crippen LogP contribution in [0.15, 0.2) is 71.7 Å². The molecule has 7 heteroatoms. The van der Waals surface area contributed by atoms with E-state index in [1.165, 1.54) is 0 Å². The van der Waals surface area contributed by atoms with Gasteiger partial charge in [0.05, 0.1) is 6.61 Å². The van der Waals surface area contributed by atoms with Crippen LogP contribution in [0, 0.1) is 0 Å². The molecule has 7 nitrogen and oxygen atoms in total. The lowest BCUT2D eigenvalue weighted by Gasteiger charge is -2.17. The van der Waals surface area contributed by atoms with Crippen LogP contribution in [0.4, 0.5) is 5.69 Å². The fourth-order valence-corrected chi connectivity index (χ4v) is 4.51. The number of nitrogens with one attached hydrogen (secondary N) is 1. The second kappa shape index (κ2) is 9.47. The van der Waals surface area contributed by atoms with Gasteiger partial charge in [-0.05, 0) is 68.3 Å². The van der Waals surface area contributed by atoms with Gasteiger partial charge in [0.25, 0.3) is 11.5 Å². The van der Waals surface area contributed by atoms with Gasteiger partial charge < -0.3 is 10.1 Å². The van der Waals surface area contributed by atoms with Crippen LogP contribution in [0.5, 0.6) is 5.75 Å². The number of hydrogen-bond donors (Lipinski definition) is 1. The molecule has 1 fully saturated rings. The van der Waals surface area contributed by atoms with Gasteiger partial charge in [-0.3, -0.25) is 14.2 Å². The molecule has 2 aromatic heterocycles. The van der Waals surface area contributed by atoms with Crippen molar-refractivity contribution in [3.05, 3.63) is 82.8 Å². The highest BCUT2D eigenvalue weighted by Crippen LogP contribution is 2.31. The minimum atomic E-state index is -0.227. The van der Waals surface area contributed by atoms with E-state index in [0.29, 0.717) is 40.3 Å². The number of hydrogen-bond acceptors (Lipinski definition) is 5. The van der Waals surface area contributed by atoms with Gasteiger partial charge in [0.15, 0.2) is 5.65 Å². The highest BCUT2D eigenvalue weighted by atomic mass is 16.5. The second-order valence-corrected chi connectivity index (χ2v) is 8.41. The Morgan fingerprint density at radius 2 is 1.79 bits per heavy atom. The normalized spacial score (nSPS) is 13.8. The Balaban J connectivity index is 1.43. The van der Waals surface area contributed by atoms with Crippen molar-refractivity contribution in [1.29, 1.82) is 0 Å². The largest absolute Gasteiger partial charge is 0.494 e. The van der Waals surface area contributed by atoms with Gasteiger partial charge in [0.1, 0.15) is 17.0 Å². The predicted molar refractivity (Wildman–Crippen MR) is 132 cm³/mol. The molecule has 1 aliphatic carbocycles. The lowest BCUT2D eigenvalue weighted by Crippen LogP contribution is -2.27. The number of aromatic nitrogens is 3. The number of benzene rings is 2. The topological polar surface area (TPSA) is 86.1 Å². The molecule has 0 bridgehead atoms. The van der Waals surface area contributed by atoms with Crippen molar-refractivity contribution < 1.29 is 9.53 Å². The summed E-state index contributed by atoms with van der Waals surface area (Å²) in [6.07, 6.45) is 5.87. The van der Waals surface area contributed by atoms with E-state index in [2.05, 4.69) is 15.3 Å². The molecule has 1 saturated carbocycles. The fraction of sp³-hybridized carbons (Fsp3) is 0.259. The van der Waals surface area contributed by atoms with Gasteiger partial charge >= 0.3 is 0 Å². The van der Waals surface area contributed by atoms with Gasteiger partial charge in [0, 0.05) is 29.1 Å². The molecular weight excluding hydrogens is 428 g/mol. The van der Waals surface area contributed by atoms with Gasteiger partial charge in [-0.25, -0.2) is 9.97 Å². The molecule has 0 atom stereocenters. The molecule has 34 heavy (non-hydrogen) atoms. The summed E-state index contributed by atoms with van der Waals surface area (Å²) in [5.74, 6) is 0.529. The summed E-state index contributed by atoms with van der Waals surface area (Å²) in [6, 6.07) is 18.1. The van der Waals surface area contributed by atoms with E-state index < -0.39 is 0 Å². The molecule has 2 aromatic carbocycles. The standard InChI is InChI=1S/C27H26N4O3/c1-2-34-22-15-13-20(14-16-22)29-26(32)19-11-9-18(10-12-19)24-27(33)31(21-6-3-4-7-21)25-23(30-24)8-5-17-28-25/h5,8-17,21H,2-4,6-7H2,1H3,(H,29,32). The maximum Gasteiger partial charge on any atom is 0.278 e. The molecule has 4 aromatic rings. The van der Waals surface area contributed by atoms with Crippen molar-refractivity contribution in [1.82, 2.24) is 14.5 Å². The maximum atomic E-state index is 13.5. The molecule has 0 aliphatic heterocycles. The quantitative estimate of drug-likeness (QED) is 0.431. The Hall–Kier alpha value is -4.00. The minimum absolute atomic E-state index is 0.135. The molecule has 2 heterocycles. The zero-order chi connectivity index (χ0) is 23.5. The average molecular weight is 455 g/mol. The predicted octanol–water partition coefficient (Wildman–Crippen LogP) is 5.22. The summed E-state index contributed by atoms with van der Waals surface area (Å²) in [4.78, 5) is 35.3. The van der Waals surface area contributed by atoms with E-state index in [9.17, 15) is 9.59 Å². The number of nitrogens with zero attached hydrogens (tertiary/aromatic N) is 3. The van der Waals surface area contributed by atoms with Crippen LogP contribution in [-0.2, 0) is 0 Å². The first-order valence-corrected chi connectivity index (χ1v) is 11.7. The number of carbonyl (C=O) groups is 1. The third kappa shape index (κ3) is 4.29. The van der Waals surface area contributed by atoms with Crippen LogP contribution in [0.3, 0.4) is 0 Å². The lowest BCUT2D eigenvalue weighted by molar-refractivity contribution is 0.102. The van der Waals surface area contributed by atoms with Crippen LogP contribution in [-0.4, -0.2) is 27.0 Å². The molecule has 1 N–H and O–H groups in total. The Labute approximate surface area is 197 Å². The van der Waals surface area contributed by atoms with Crippen LogP contribution in [0.25, 0.3) is 22.4 Å². The summed E-state index contributed by atoms with van der Waals surface area (Å²) < 4.78 is 7.25. The fourth-order valence-electron chi connectivity index (χ4n) is 4.51. The highest BCUT2D eigenvalue weighted by Gasteiger charge is 2.23. The highest BCUT2D eigenvalue weighted by molar-refractivity contribution is 6.04. The summed E-state index contributed by atoms with van der Waals surface area (Å²) >= 11 is 0. The van der Waals surface area contributed by atoms with Crippen molar-refractivity contribution in [3.8, 4) is 17.0 Å². The Morgan fingerprint density at radius 1 is 1.06 bits per heavy atom. The van der Waals surface area contributed by atoms with Crippen LogP contribution in [0.1, 0.15) is 49.0 Å². The van der Waals surface area contributed by atoms with Gasteiger partial charge in [-0.2, -0.15) is 0 Å². The molecule has 0 unspecified atom stereocenters. The van der Waals surface area contributed by atoms with E-state index in [1.807, 2.05) is 35.8 Å². The van der Waals surface area contributed by atoms with Crippen molar-refractivity contribution in [2.45, 2.75) is 38.6 Å². The van der Waals surface area contributed by atoms with Crippen molar-refractivity contribution in [3.63, 3.8) is 0 Å².